The summed E-state index contributed by atoms with van der Waals surface area (Å²) < 4.78 is 37.8. The summed E-state index contributed by atoms with van der Waals surface area (Å²) in [5.74, 6) is -2.48. The summed E-state index contributed by atoms with van der Waals surface area (Å²) in [7, 11) is 1.45. The number of rotatable bonds is 5. The monoisotopic (exact) mass is 356 g/mol. The SMILES string of the molecule is COC1(CC(=O)NCc2cccc(F)c2F)COCCN(C(C)=O)C1. The van der Waals surface area contributed by atoms with Gasteiger partial charge in [0.2, 0.25) is 11.8 Å². The highest BCUT2D eigenvalue weighted by atomic mass is 19.2. The van der Waals surface area contributed by atoms with E-state index >= 15 is 0 Å². The van der Waals surface area contributed by atoms with Crippen molar-refractivity contribution in [3.63, 3.8) is 0 Å². The molecule has 6 nitrogen and oxygen atoms in total. The van der Waals surface area contributed by atoms with Crippen molar-refractivity contribution >= 4 is 11.8 Å². The van der Waals surface area contributed by atoms with Gasteiger partial charge >= 0.3 is 0 Å². The number of nitrogens with zero attached hydrogens (tertiary/aromatic N) is 1. The van der Waals surface area contributed by atoms with Crippen LogP contribution < -0.4 is 5.32 Å². The van der Waals surface area contributed by atoms with Crippen molar-refractivity contribution in [2.75, 3.05) is 33.4 Å². The zero-order valence-electron chi connectivity index (χ0n) is 14.3. The standard InChI is InChI=1S/C17H22F2N2O4/c1-12(22)21-6-7-25-11-17(10-21,24-2)8-15(23)20-9-13-4-3-5-14(18)16(13)19/h3-5H,6-11H2,1-2H3,(H,20,23). The summed E-state index contributed by atoms with van der Waals surface area (Å²) in [6.45, 7) is 2.48. The van der Waals surface area contributed by atoms with Gasteiger partial charge in [0.15, 0.2) is 11.6 Å². The normalized spacial score (nSPS) is 20.9. The second kappa shape index (κ2) is 8.35. The summed E-state index contributed by atoms with van der Waals surface area (Å²) in [5, 5.41) is 2.55. The minimum Gasteiger partial charge on any atom is -0.377 e. The van der Waals surface area contributed by atoms with Gasteiger partial charge in [0.25, 0.3) is 0 Å². The van der Waals surface area contributed by atoms with E-state index in [0.29, 0.717) is 13.2 Å². The molecule has 0 saturated carbocycles. The third-order valence-electron chi connectivity index (χ3n) is 4.22. The molecule has 2 amide bonds. The quantitative estimate of drug-likeness (QED) is 0.862. The summed E-state index contributed by atoms with van der Waals surface area (Å²) in [5.41, 5.74) is -0.922. The first kappa shape index (κ1) is 19.3. The highest BCUT2D eigenvalue weighted by Crippen LogP contribution is 2.21. The Morgan fingerprint density at radius 3 is 2.84 bits per heavy atom. The molecule has 0 aromatic heterocycles. The van der Waals surface area contributed by atoms with Gasteiger partial charge in [0.05, 0.1) is 26.2 Å². The van der Waals surface area contributed by atoms with E-state index in [0.717, 1.165) is 6.07 Å². The smallest absolute Gasteiger partial charge is 0.223 e. The Morgan fingerprint density at radius 2 is 2.16 bits per heavy atom. The number of hydrogen-bond donors (Lipinski definition) is 1. The largest absolute Gasteiger partial charge is 0.377 e. The molecular weight excluding hydrogens is 334 g/mol. The first-order valence-electron chi connectivity index (χ1n) is 7.95. The molecule has 25 heavy (non-hydrogen) atoms. The van der Waals surface area contributed by atoms with Crippen LogP contribution in [0.2, 0.25) is 0 Å². The van der Waals surface area contributed by atoms with E-state index in [1.54, 1.807) is 4.90 Å². The molecule has 1 fully saturated rings. The fourth-order valence-corrected chi connectivity index (χ4v) is 2.71. The van der Waals surface area contributed by atoms with Crippen molar-refractivity contribution in [1.29, 1.82) is 0 Å². The maximum atomic E-state index is 13.6. The third kappa shape index (κ3) is 4.96. The number of amides is 2. The van der Waals surface area contributed by atoms with E-state index in [4.69, 9.17) is 9.47 Å². The predicted molar refractivity (Wildman–Crippen MR) is 85.6 cm³/mol. The van der Waals surface area contributed by atoms with Crippen LogP contribution in [0.15, 0.2) is 18.2 Å². The molecule has 1 aliphatic rings. The maximum Gasteiger partial charge on any atom is 0.223 e. The average molecular weight is 356 g/mol. The first-order valence-corrected chi connectivity index (χ1v) is 7.95. The average Bonchev–Trinajstić information content (AvgIpc) is 2.79. The first-order chi connectivity index (χ1) is 11.9. The summed E-state index contributed by atoms with van der Waals surface area (Å²) in [4.78, 5) is 25.5. The van der Waals surface area contributed by atoms with Crippen LogP contribution in [0.1, 0.15) is 18.9 Å². The Morgan fingerprint density at radius 1 is 1.40 bits per heavy atom. The molecule has 1 atom stereocenters. The Kier molecular flexibility index (Phi) is 6.44. The molecule has 0 radical (unpaired) electrons. The van der Waals surface area contributed by atoms with Gasteiger partial charge < -0.3 is 19.7 Å². The minimum atomic E-state index is -0.982. The molecule has 1 N–H and O–H groups in total. The molecule has 1 unspecified atom stereocenters. The Bertz CT molecular complexity index is 641. The number of carbonyl (C=O) groups excluding carboxylic acids is 2. The summed E-state index contributed by atoms with van der Waals surface area (Å²) in [6, 6.07) is 3.79. The molecule has 1 aliphatic heterocycles. The molecule has 138 valence electrons. The highest BCUT2D eigenvalue weighted by Gasteiger charge is 2.38. The Hall–Kier alpha value is -2.06. The van der Waals surface area contributed by atoms with Gasteiger partial charge in [-0.15, -0.1) is 0 Å². The van der Waals surface area contributed by atoms with Crippen molar-refractivity contribution < 1.29 is 27.8 Å². The highest BCUT2D eigenvalue weighted by molar-refractivity contribution is 5.77. The summed E-state index contributed by atoms with van der Waals surface area (Å²) >= 11 is 0. The Labute approximate surface area is 145 Å². The molecule has 0 spiro atoms. The van der Waals surface area contributed by atoms with E-state index in [1.165, 1.54) is 26.2 Å². The molecule has 1 heterocycles. The van der Waals surface area contributed by atoms with Crippen LogP contribution >= 0.6 is 0 Å². The van der Waals surface area contributed by atoms with E-state index < -0.39 is 23.1 Å². The van der Waals surface area contributed by atoms with Crippen molar-refractivity contribution in [3.8, 4) is 0 Å². The zero-order valence-corrected chi connectivity index (χ0v) is 14.3. The minimum absolute atomic E-state index is 0.0577. The van der Waals surface area contributed by atoms with Gasteiger partial charge in [0, 0.05) is 32.7 Å². The van der Waals surface area contributed by atoms with Crippen LogP contribution in [0, 0.1) is 11.6 Å². The molecule has 2 rings (SSSR count). The number of nitrogens with one attached hydrogen (secondary N) is 1. The van der Waals surface area contributed by atoms with Crippen molar-refractivity contribution in [2.45, 2.75) is 25.5 Å². The van der Waals surface area contributed by atoms with E-state index in [2.05, 4.69) is 5.32 Å². The number of halogens is 2. The topological polar surface area (TPSA) is 67.9 Å². The van der Waals surface area contributed by atoms with Crippen molar-refractivity contribution in [1.82, 2.24) is 10.2 Å². The number of ether oxygens (including phenoxy) is 2. The molecule has 8 heteroatoms. The van der Waals surface area contributed by atoms with E-state index in [-0.39, 0.29) is 37.6 Å². The number of benzene rings is 1. The fraction of sp³-hybridized carbons (Fsp3) is 0.529. The van der Waals surface area contributed by atoms with Crippen LogP contribution in [0.4, 0.5) is 8.78 Å². The second-order valence-electron chi connectivity index (χ2n) is 6.05. The molecule has 0 aliphatic carbocycles. The lowest BCUT2D eigenvalue weighted by Crippen LogP contribution is -2.50. The second-order valence-corrected chi connectivity index (χ2v) is 6.05. The van der Waals surface area contributed by atoms with Gasteiger partial charge in [-0.2, -0.15) is 0 Å². The molecule has 1 saturated heterocycles. The third-order valence-corrected chi connectivity index (χ3v) is 4.22. The molecule has 1 aromatic carbocycles. The number of methoxy groups -OCH3 is 1. The molecular formula is C17H22F2N2O4. The van der Waals surface area contributed by atoms with E-state index in [9.17, 15) is 18.4 Å². The van der Waals surface area contributed by atoms with Crippen LogP contribution in [0.3, 0.4) is 0 Å². The van der Waals surface area contributed by atoms with Crippen molar-refractivity contribution in [2.24, 2.45) is 0 Å². The lowest BCUT2D eigenvalue weighted by atomic mass is 9.99. The van der Waals surface area contributed by atoms with Crippen LogP contribution in [-0.2, 0) is 25.6 Å². The van der Waals surface area contributed by atoms with Crippen LogP contribution in [0.25, 0.3) is 0 Å². The molecule has 0 bridgehead atoms. The van der Waals surface area contributed by atoms with E-state index in [1.807, 2.05) is 0 Å². The summed E-state index contributed by atoms with van der Waals surface area (Å²) in [6.07, 6.45) is -0.0653. The maximum absolute atomic E-state index is 13.6. The lowest BCUT2D eigenvalue weighted by molar-refractivity contribution is -0.139. The zero-order chi connectivity index (χ0) is 18.4. The van der Waals surface area contributed by atoms with Gasteiger partial charge in [-0.1, -0.05) is 12.1 Å². The predicted octanol–water partition coefficient (Wildman–Crippen LogP) is 1.23. The van der Waals surface area contributed by atoms with Gasteiger partial charge in [-0.3, -0.25) is 9.59 Å². The van der Waals surface area contributed by atoms with Crippen LogP contribution in [-0.4, -0.2) is 55.7 Å². The van der Waals surface area contributed by atoms with Crippen molar-refractivity contribution in [3.05, 3.63) is 35.4 Å². The Balaban J connectivity index is 2.01. The lowest BCUT2D eigenvalue weighted by Gasteiger charge is -2.33. The van der Waals surface area contributed by atoms with Gasteiger partial charge in [-0.25, -0.2) is 8.78 Å². The molecule has 1 aromatic rings. The number of carbonyl (C=O) groups is 2. The number of hydrogen-bond acceptors (Lipinski definition) is 4. The van der Waals surface area contributed by atoms with Gasteiger partial charge in [0.1, 0.15) is 5.60 Å². The van der Waals surface area contributed by atoms with Gasteiger partial charge in [-0.05, 0) is 6.07 Å². The van der Waals surface area contributed by atoms with Crippen LogP contribution in [0.5, 0.6) is 0 Å². The fourth-order valence-electron chi connectivity index (χ4n) is 2.71.